The van der Waals surface area contributed by atoms with Crippen molar-refractivity contribution in [2.75, 3.05) is 84.0 Å². The fourth-order valence-corrected chi connectivity index (χ4v) is 13.9. The van der Waals surface area contributed by atoms with Crippen molar-refractivity contribution in [2.45, 2.75) is 73.7 Å². The molecule has 0 bridgehead atoms. The lowest BCUT2D eigenvalue weighted by Crippen LogP contribution is -2.46. The van der Waals surface area contributed by atoms with Crippen LogP contribution in [0.4, 0.5) is 27.1 Å². The molecule has 1 atom stereocenters. The number of benzene rings is 5. The molecule has 21 heteroatoms. The van der Waals surface area contributed by atoms with Crippen LogP contribution in [0.15, 0.2) is 130 Å². The number of sulfone groups is 1. The number of rotatable bonds is 20. The summed E-state index contributed by atoms with van der Waals surface area (Å²) in [6.07, 6.45) is 2.11. The molecule has 1 aromatic heterocycles. The zero-order valence-electron chi connectivity index (χ0n) is 43.2. The molecule has 5 aromatic carbocycles. The van der Waals surface area contributed by atoms with Crippen LogP contribution in [0.3, 0.4) is 0 Å². The quantitative estimate of drug-likeness (QED) is 0.0321. The minimum absolute atomic E-state index is 0.0103. The van der Waals surface area contributed by atoms with Crippen molar-refractivity contribution >= 4 is 79.5 Å². The van der Waals surface area contributed by atoms with Gasteiger partial charge in [0.1, 0.15) is 5.82 Å². The van der Waals surface area contributed by atoms with E-state index in [1.807, 2.05) is 73.9 Å². The van der Waals surface area contributed by atoms with Gasteiger partial charge in [0.2, 0.25) is 0 Å². The van der Waals surface area contributed by atoms with Gasteiger partial charge in [-0.1, -0.05) is 41.9 Å². The van der Waals surface area contributed by atoms with Gasteiger partial charge in [0.25, 0.3) is 10.0 Å². The first-order valence-electron chi connectivity index (χ1n) is 25.2. The minimum Gasteiger partial charge on any atom is -0.452 e. The van der Waals surface area contributed by atoms with Gasteiger partial charge in [-0.3, -0.25) is 14.1 Å². The van der Waals surface area contributed by atoms with Gasteiger partial charge in [-0.15, -0.1) is 11.8 Å². The predicted molar refractivity (Wildman–Crippen MR) is 303 cm³/mol. The molecule has 2 aliphatic rings. The molecule has 0 aliphatic carbocycles. The van der Waals surface area contributed by atoms with E-state index in [9.17, 15) is 26.2 Å². The highest BCUT2D eigenvalue weighted by Crippen LogP contribution is 2.45. The summed E-state index contributed by atoms with van der Waals surface area (Å²) in [6, 6.07) is 34.2. The Labute approximate surface area is 454 Å². The maximum absolute atomic E-state index is 15.8. The number of halogens is 2. The van der Waals surface area contributed by atoms with E-state index < -0.39 is 51.5 Å². The van der Waals surface area contributed by atoms with Gasteiger partial charge < -0.3 is 39.1 Å². The summed E-state index contributed by atoms with van der Waals surface area (Å²) in [5.41, 5.74) is 6.42. The topological polar surface area (TPSA) is 191 Å². The summed E-state index contributed by atoms with van der Waals surface area (Å²) in [6.45, 7) is 12.0. The third kappa shape index (κ3) is 14.2. The molecule has 0 unspecified atom stereocenters. The predicted octanol–water partition coefficient (Wildman–Crippen LogP) is 10.7. The number of piperazine rings is 1. The lowest BCUT2D eigenvalue weighted by molar-refractivity contribution is -0.148. The molecule has 0 saturated carbocycles. The van der Waals surface area contributed by atoms with Crippen molar-refractivity contribution in [2.24, 2.45) is 5.92 Å². The Bertz CT molecular complexity index is 3290. The standard InChI is InChI=1S/C55H65ClFN6O9PS3/c1-37(2)63-39(4)54(75(5,68)69)52(53(63)40-11-13-43(56)14-12-40)42-32-44(57)34-48(33-42)62-29-27-61(28-30-62)47-17-15-45(16-18-47)59-76(70,71)50-19-20-51(38(3)31-50)58-46(35-74-49-9-7-6-8-10-49)23-26-60-24-21-41(22-25-60)55(64)72-36-73(65,66)67/h6-20,31-34,37,41,46,58-59H,21-30,35-36H2,1-5H3,(H2,65,66,67)/t46-/m1/s1. The van der Waals surface area contributed by atoms with E-state index >= 15 is 4.39 Å². The first-order valence-corrected chi connectivity index (χ1v) is 31.7. The lowest BCUT2D eigenvalue weighted by Gasteiger charge is -2.37. The highest BCUT2D eigenvalue weighted by atomic mass is 35.5. The van der Waals surface area contributed by atoms with Gasteiger partial charge >= 0.3 is 13.6 Å². The van der Waals surface area contributed by atoms with Crippen LogP contribution in [0.1, 0.15) is 50.4 Å². The third-order valence-corrected chi connectivity index (χ3v) is 18.4. The first-order chi connectivity index (χ1) is 36.0. The number of ether oxygens (including phenoxy) is 1. The van der Waals surface area contributed by atoms with Crippen molar-refractivity contribution in [3.8, 4) is 22.4 Å². The normalized spacial score (nSPS) is 15.5. The maximum Gasteiger partial charge on any atom is 0.362 e. The minimum atomic E-state index is -4.44. The number of carbonyl (C=O) groups excluding carboxylic acids is 1. The number of aryl methyl sites for hydroxylation is 1. The number of esters is 1. The van der Waals surface area contributed by atoms with E-state index in [2.05, 4.69) is 36.9 Å². The molecule has 2 saturated heterocycles. The molecule has 76 heavy (non-hydrogen) atoms. The molecule has 3 heterocycles. The number of sulfonamides is 1. The lowest BCUT2D eigenvalue weighted by atomic mass is 9.97. The Morgan fingerprint density at radius 2 is 1.47 bits per heavy atom. The second kappa shape index (κ2) is 24.1. The number of hydrogen-bond acceptors (Lipinski definition) is 12. The summed E-state index contributed by atoms with van der Waals surface area (Å²) in [5, 5.41) is 4.21. The number of thioether (sulfide) groups is 1. The van der Waals surface area contributed by atoms with E-state index in [1.165, 1.54) is 18.4 Å². The SMILES string of the molecule is Cc1cc(S(=O)(=O)Nc2ccc(N3CCN(c4cc(F)cc(-c5c(S(C)(=O)=O)c(C)n(C(C)C)c5-c5ccc(Cl)cc5)c4)CC3)cc2)ccc1N[C@H](CCN1CCC(C(=O)OCP(=O)(O)O)CC1)CSc1ccccc1. The smallest absolute Gasteiger partial charge is 0.362 e. The molecule has 6 aromatic rings. The monoisotopic (exact) mass is 1130 g/mol. The van der Waals surface area contributed by atoms with Crippen LogP contribution in [0, 0.1) is 25.6 Å². The molecular weight excluding hydrogens is 1070 g/mol. The van der Waals surface area contributed by atoms with Crippen LogP contribution in [0.25, 0.3) is 22.4 Å². The van der Waals surface area contributed by atoms with Crippen LogP contribution in [0.2, 0.25) is 5.02 Å². The van der Waals surface area contributed by atoms with Crippen molar-refractivity contribution in [1.82, 2.24) is 9.47 Å². The molecular formula is C55H65ClFN6O9PS3. The molecule has 8 rings (SSSR count). The molecule has 15 nitrogen and oxygen atoms in total. The Balaban J connectivity index is 0.898. The van der Waals surface area contributed by atoms with Crippen molar-refractivity contribution < 1.29 is 45.1 Å². The average molecular weight is 1140 g/mol. The third-order valence-electron chi connectivity index (χ3n) is 13.9. The molecule has 2 fully saturated rings. The first kappa shape index (κ1) is 56.8. The zero-order valence-corrected chi connectivity index (χ0v) is 47.3. The highest BCUT2D eigenvalue weighted by molar-refractivity contribution is 7.99. The van der Waals surface area contributed by atoms with Crippen molar-refractivity contribution in [3.63, 3.8) is 0 Å². The number of anilines is 4. The largest absolute Gasteiger partial charge is 0.452 e. The van der Waals surface area contributed by atoms with Crippen LogP contribution < -0.4 is 19.8 Å². The Hall–Kier alpha value is -5.37. The second-order valence-corrected chi connectivity index (χ2v) is 26.6. The molecule has 4 N–H and O–H groups in total. The number of hydrogen-bond donors (Lipinski definition) is 4. The average Bonchev–Trinajstić information content (AvgIpc) is 3.79. The molecule has 0 spiro atoms. The van der Waals surface area contributed by atoms with E-state index in [0.717, 1.165) is 46.1 Å². The Morgan fingerprint density at radius 1 is 0.829 bits per heavy atom. The number of piperidine rings is 1. The maximum atomic E-state index is 15.8. The van der Waals surface area contributed by atoms with Gasteiger partial charge in [-0.2, -0.15) is 0 Å². The number of aromatic nitrogens is 1. The summed E-state index contributed by atoms with van der Waals surface area (Å²) in [5.74, 6) is -0.726. The van der Waals surface area contributed by atoms with Crippen LogP contribution in [-0.2, 0) is 34.0 Å². The number of nitrogens with one attached hydrogen (secondary N) is 2. The van der Waals surface area contributed by atoms with Gasteiger partial charge in [-0.05, 0) is 162 Å². The molecule has 2 aliphatic heterocycles. The summed E-state index contributed by atoms with van der Waals surface area (Å²) < 4.78 is 91.2. The van der Waals surface area contributed by atoms with E-state index in [1.54, 1.807) is 61.2 Å². The summed E-state index contributed by atoms with van der Waals surface area (Å²) in [4.78, 5) is 38.5. The fourth-order valence-electron chi connectivity index (χ4n) is 10.1. The van der Waals surface area contributed by atoms with Crippen LogP contribution in [0.5, 0.6) is 0 Å². The molecule has 0 radical (unpaired) electrons. The molecule has 0 amide bonds. The highest BCUT2D eigenvalue weighted by Gasteiger charge is 2.32. The van der Waals surface area contributed by atoms with Crippen molar-refractivity contribution in [1.29, 1.82) is 0 Å². The zero-order chi connectivity index (χ0) is 54.5. The number of likely N-dealkylation sites (tertiary alicyclic amines) is 1. The summed E-state index contributed by atoms with van der Waals surface area (Å²) >= 11 is 7.99. The van der Waals surface area contributed by atoms with Gasteiger partial charge in [0, 0.05) is 101 Å². The fraction of sp³-hybridized carbons (Fsp3) is 0.364. The van der Waals surface area contributed by atoms with Gasteiger partial charge in [0.15, 0.2) is 16.2 Å². The van der Waals surface area contributed by atoms with Gasteiger partial charge in [-0.25, -0.2) is 21.2 Å². The van der Waals surface area contributed by atoms with Gasteiger partial charge in [0.05, 0.1) is 21.4 Å². The number of carbonyl (C=O) groups is 1. The number of nitrogens with zero attached hydrogens (tertiary/aromatic N) is 4. The Morgan fingerprint density at radius 3 is 2.08 bits per heavy atom. The van der Waals surface area contributed by atoms with E-state index in [4.69, 9.17) is 26.1 Å². The molecule has 406 valence electrons. The second-order valence-electron chi connectivity index (χ2n) is 19.8. The van der Waals surface area contributed by atoms with Crippen molar-refractivity contribution in [3.05, 3.63) is 137 Å². The van der Waals surface area contributed by atoms with Crippen LogP contribution in [-0.4, -0.2) is 112 Å². The van der Waals surface area contributed by atoms with E-state index in [0.29, 0.717) is 91.0 Å². The summed E-state index contributed by atoms with van der Waals surface area (Å²) in [7, 11) is -12.2. The van der Waals surface area contributed by atoms with Crippen LogP contribution >= 0.6 is 31.0 Å². The Kier molecular flexibility index (Phi) is 18.0. The van der Waals surface area contributed by atoms with E-state index in [-0.39, 0.29) is 21.9 Å².